The number of allylic oxidation sites excluding steroid dienone is 2. The molecule has 1 heterocycles. The van der Waals surface area contributed by atoms with Gasteiger partial charge in [-0.15, -0.1) is 0 Å². The SMILES string of the molecule is C[C@H](Oc1ccc2ccccc2c1C=NN1C(=O)[C@@H]2[C@H](C1=O)[C@H]1C=C[C@H]2C1)C(=O)O. The van der Waals surface area contributed by atoms with E-state index in [0.717, 1.165) is 22.2 Å². The van der Waals surface area contributed by atoms with Crippen LogP contribution in [0.3, 0.4) is 0 Å². The molecule has 0 spiro atoms. The minimum atomic E-state index is -1.09. The average molecular weight is 404 g/mol. The van der Waals surface area contributed by atoms with Crippen LogP contribution >= 0.6 is 0 Å². The second kappa shape index (κ2) is 6.79. The number of ether oxygens (including phenoxy) is 1. The lowest BCUT2D eigenvalue weighted by atomic mass is 9.85. The highest BCUT2D eigenvalue weighted by Crippen LogP contribution is 2.52. The molecule has 1 aliphatic heterocycles. The number of hydrogen-bond acceptors (Lipinski definition) is 5. The molecule has 5 rings (SSSR count). The van der Waals surface area contributed by atoms with Gasteiger partial charge in [-0.25, -0.2) is 4.79 Å². The Bertz CT molecular complexity index is 1110. The number of carboxylic acid groups (broad SMARTS) is 1. The normalized spacial score (nSPS) is 28.0. The molecule has 2 aromatic rings. The average Bonchev–Trinajstić information content (AvgIpc) is 3.41. The fourth-order valence-corrected chi connectivity index (χ4v) is 4.87. The van der Waals surface area contributed by atoms with Gasteiger partial charge in [-0.3, -0.25) is 9.59 Å². The number of imide groups is 1. The molecule has 2 aromatic carbocycles. The van der Waals surface area contributed by atoms with Crippen molar-refractivity contribution in [1.29, 1.82) is 0 Å². The van der Waals surface area contributed by atoms with Crippen LogP contribution < -0.4 is 4.74 Å². The third-order valence-corrected chi connectivity index (χ3v) is 6.33. The first-order chi connectivity index (χ1) is 14.5. The number of carboxylic acids is 1. The topological polar surface area (TPSA) is 96.3 Å². The fourth-order valence-electron chi connectivity index (χ4n) is 4.87. The van der Waals surface area contributed by atoms with Crippen molar-refractivity contribution in [3.8, 4) is 5.75 Å². The largest absolute Gasteiger partial charge is 0.479 e. The third kappa shape index (κ3) is 2.73. The second-order valence-corrected chi connectivity index (χ2v) is 8.03. The summed E-state index contributed by atoms with van der Waals surface area (Å²) in [6.07, 6.45) is 5.30. The smallest absolute Gasteiger partial charge is 0.344 e. The van der Waals surface area contributed by atoms with E-state index in [1.165, 1.54) is 13.1 Å². The van der Waals surface area contributed by atoms with E-state index < -0.39 is 12.1 Å². The zero-order valence-electron chi connectivity index (χ0n) is 16.3. The first kappa shape index (κ1) is 18.5. The molecule has 0 unspecified atom stereocenters. The van der Waals surface area contributed by atoms with Gasteiger partial charge >= 0.3 is 5.97 Å². The molecule has 7 nitrogen and oxygen atoms in total. The van der Waals surface area contributed by atoms with Crippen molar-refractivity contribution in [2.75, 3.05) is 0 Å². The fraction of sp³-hybridized carbons (Fsp3) is 0.304. The molecule has 30 heavy (non-hydrogen) atoms. The van der Waals surface area contributed by atoms with E-state index in [4.69, 9.17) is 4.74 Å². The van der Waals surface area contributed by atoms with Crippen molar-refractivity contribution < 1.29 is 24.2 Å². The van der Waals surface area contributed by atoms with Crippen LogP contribution in [-0.4, -0.2) is 40.2 Å². The number of hydrogen-bond donors (Lipinski definition) is 1. The number of carbonyl (C=O) groups excluding carboxylic acids is 2. The van der Waals surface area contributed by atoms with Gasteiger partial charge in [0.05, 0.1) is 18.1 Å². The quantitative estimate of drug-likeness (QED) is 0.470. The minimum Gasteiger partial charge on any atom is -0.479 e. The number of nitrogens with zero attached hydrogens (tertiary/aromatic N) is 2. The summed E-state index contributed by atoms with van der Waals surface area (Å²) in [4.78, 5) is 37.0. The van der Waals surface area contributed by atoms with Gasteiger partial charge in [0.2, 0.25) is 0 Å². The van der Waals surface area contributed by atoms with Crippen molar-refractivity contribution in [3.63, 3.8) is 0 Å². The number of fused-ring (bicyclic) bond motifs is 6. The van der Waals surface area contributed by atoms with Gasteiger partial charge in [-0.2, -0.15) is 10.1 Å². The maximum absolute atomic E-state index is 12.9. The molecule has 1 saturated carbocycles. The maximum atomic E-state index is 12.9. The third-order valence-electron chi connectivity index (χ3n) is 6.33. The summed E-state index contributed by atoms with van der Waals surface area (Å²) in [5, 5.41) is 16.1. The van der Waals surface area contributed by atoms with Crippen molar-refractivity contribution in [3.05, 3.63) is 54.1 Å². The molecule has 2 bridgehead atoms. The first-order valence-electron chi connectivity index (χ1n) is 9.97. The van der Waals surface area contributed by atoms with E-state index in [2.05, 4.69) is 5.10 Å². The Morgan fingerprint density at radius 3 is 2.47 bits per heavy atom. The van der Waals surface area contributed by atoms with Crippen molar-refractivity contribution in [2.24, 2.45) is 28.8 Å². The maximum Gasteiger partial charge on any atom is 0.344 e. The van der Waals surface area contributed by atoms with E-state index in [-0.39, 0.29) is 35.5 Å². The second-order valence-electron chi connectivity index (χ2n) is 8.03. The summed E-state index contributed by atoms with van der Waals surface area (Å²) in [7, 11) is 0. The summed E-state index contributed by atoms with van der Waals surface area (Å²) in [5.41, 5.74) is 0.528. The highest BCUT2D eigenvalue weighted by molar-refractivity contribution is 6.08. The Kier molecular flexibility index (Phi) is 4.20. The van der Waals surface area contributed by atoms with E-state index in [1.807, 2.05) is 42.5 Å². The van der Waals surface area contributed by atoms with Crippen LogP contribution in [0.15, 0.2) is 53.7 Å². The number of hydrazone groups is 1. The lowest BCUT2D eigenvalue weighted by Gasteiger charge is -2.15. The van der Waals surface area contributed by atoms with Gasteiger partial charge < -0.3 is 9.84 Å². The monoisotopic (exact) mass is 404 g/mol. The Morgan fingerprint density at radius 2 is 1.80 bits per heavy atom. The van der Waals surface area contributed by atoms with Crippen LogP contribution in [0.1, 0.15) is 18.9 Å². The lowest BCUT2D eigenvalue weighted by Crippen LogP contribution is -2.28. The zero-order valence-corrected chi connectivity index (χ0v) is 16.3. The van der Waals surface area contributed by atoms with Crippen molar-refractivity contribution in [1.82, 2.24) is 5.01 Å². The molecule has 0 aromatic heterocycles. The number of amides is 2. The molecule has 2 fully saturated rings. The van der Waals surface area contributed by atoms with E-state index >= 15 is 0 Å². The molecule has 7 heteroatoms. The lowest BCUT2D eigenvalue weighted by molar-refractivity contribution is -0.144. The molecule has 2 aliphatic carbocycles. The van der Waals surface area contributed by atoms with Crippen LogP contribution in [0, 0.1) is 23.7 Å². The van der Waals surface area contributed by atoms with Gasteiger partial charge in [0, 0.05) is 5.56 Å². The highest BCUT2D eigenvalue weighted by Gasteiger charge is 2.59. The Hall–Kier alpha value is -3.48. The van der Waals surface area contributed by atoms with Crippen molar-refractivity contribution in [2.45, 2.75) is 19.4 Å². The van der Waals surface area contributed by atoms with E-state index in [9.17, 15) is 19.5 Å². The summed E-state index contributed by atoms with van der Waals surface area (Å²) in [6.45, 7) is 1.44. The Morgan fingerprint density at radius 1 is 1.13 bits per heavy atom. The number of carbonyl (C=O) groups is 3. The summed E-state index contributed by atoms with van der Waals surface area (Å²) in [5.74, 6) is -1.70. The standard InChI is InChI=1S/C23H20N2O5/c1-12(23(28)29)30-18-9-8-13-4-2-3-5-16(13)17(18)11-24-25-21(26)19-14-6-7-15(10-14)20(19)22(25)27/h2-9,11-12,14-15,19-20H,10H2,1H3,(H,28,29)/t12-,14-,15-,19-,20+/m0/s1. The molecule has 152 valence electrons. The van der Waals surface area contributed by atoms with Crippen molar-refractivity contribution >= 4 is 34.8 Å². The molecule has 1 saturated heterocycles. The zero-order chi connectivity index (χ0) is 21.0. The highest BCUT2D eigenvalue weighted by atomic mass is 16.5. The van der Waals surface area contributed by atoms with Gasteiger partial charge in [-0.1, -0.05) is 42.5 Å². The summed E-state index contributed by atoms with van der Waals surface area (Å²) in [6, 6.07) is 11.0. The van der Waals surface area contributed by atoms with Crippen LogP contribution in [0.4, 0.5) is 0 Å². The molecular weight excluding hydrogens is 384 g/mol. The number of aliphatic carboxylic acids is 1. The van der Waals surface area contributed by atoms with Crippen LogP contribution in [0.5, 0.6) is 5.75 Å². The molecule has 1 N–H and O–H groups in total. The minimum absolute atomic E-state index is 0.115. The first-order valence-corrected chi connectivity index (χ1v) is 9.97. The van der Waals surface area contributed by atoms with Gasteiger partial charge in [-0.05, 0) is 42.0 Å². The molecular formula is C23H20N2O5. The molecule has 0 radical (unpaired) electrons. The number of rotatable bonds is 5. The number of benzene rings is 2. The van der Waals surface area contributed by atoms with Crippen LogP contribution in [0.2, 0.25) is 0 Å². The Balaban J connectivity index is 1.51. The van der Waals surface area contributed by atoms with Crippen LogP contribution in [-0.2, 0) is 14.4 Å². The predicted octanol–water partition coefficient (Wildman–Crippen LogP) is 2.83. The van der Waals surface area contributed by atoms with Gasteiger partial charge in [0.1, 0.15) is 5.75 Å². The predicted molar refractivity (Wildman–Crippen MR) is 109 cm³/mol. The summed E-state index contributed by atoms with van der Waals surface area (Å²) >= 11 is 0. The molecule has 2 amide bonds. The Labute approximate surface area is 172 Å². The van der Waals surface area contributed by atoms with Gasteiger partial charge in [0.15, 0.2) is 6.10 Å². The van der Waals surface area contributed by atoms with Crippen LogP contribution in [0.25, 0.3) is 10.8 Å². The molecule has 5 atom stereocenters. The van der Waals surface area contributed by atoms with E-state index in [1.54, 1.807) is 6.07 Å². The summed E-state index contributed by atoms with van der Waals surface area (Å²) < 4.78 is 5.61. The van der Waals surface area contributed by atoms with E-state index in [0.29, 0.717) is 11.3 Å². The van der Waals surface area contributed by atoms with Gasteiger partial charge in [0.25, 0.3) is 11.8 Å². The molecule has 3 aliphatic rings.